The largest absolute Gasteiger partial charge is 0.375 e. The highest BCUT2D eigenvalue weighted by Crippen LogP contribution is 2.24. The highest BCUT2D eigenvalue weighted by atomic mass is 19.1. The first kappa shape index (κ1) is 15.8. The summed E-state index contributed by atoms with van der Waals surface area (Å²) in [6, 6.07) is 13.6. The van der Waals surface area contributed by atoms with Crippen LogP contribution in [-0.4, -0.2) is 26.0 Å². The van der Waals surface area contributed by atoms with Gasteiger partial charge in [-0.05, 0) is 48.5 Å². The summed E-state index contributed by atoms with van der Waals surface area (Å²) in [4.78, 5) is 11.7. The molecule has 0 aliphatic carbocycles. The summed E-state index contributed by atoms with van der Waals surface area (Å²) >= 11 is 0. The Morgan fingerprint density at radius 3 is 2.62 bits per heavy atom. The second-order valence-corrected chi connectivity index (χ2v) is 5.37. The maximum Gasteiger partial charge on any atom is 0.178 e. The van der Waals surface area contributed by atoms with Crippen LogP contribution in [0.2, 0.25) is 0 Å². The molecule has 0 saturated carbocycles. The second-order valence-electron chi connectivity index (χ2n) is 5.37. The van der Waals surface area contributed by atoms with E-state index in [0.29, 0.717) is 11.5 Å². The number of para-hydroxylation sites is 1. The summed E-state index contributed by atoms with van der Waals surface area (Å²) < 4.78 is 15.5. The van der Waals surface area contributed by atoms with E-state index in [-0.39, 0.29) is 17.4 Å². The summed E-state index contributed by atoms with van der Waals surface area (Å²) in [6.45, 7) is 3.18. The van der Waals surface area contributed by atoms with E-state index >= 15 is 0 Å². The van der Waals surface area contributed by atoms with Gasteiger partial charge in [0, 0.05) is 5.69 Å². The fourth-order valence-corrected chi connectivity index (χ4v) is 2.52. The number of hydrogen-bond acceptors (Lipinski definition) is 5. The van der Waals surface area contributed by atoms with Gasteiger partial charge in [0.05, 0.1) is 17.3 Å². The van der Waals surface area contributed by atoms with Gasteiger partial charge < -0.3 is 5.32 Å². The van der Waals surface area contributed by atoms with Crippen LogP contribution in [0.4, 0.5) is 10.1 Å². The van der Waals surface area contributed by atoms with E-state index in [0.717, 1.165) is 5.69 Å². The minimum absolute atomic E-state index is 0.0306. The highest BCUT2D eigenvalue weighted by molar-refractivity contribution is 5.99. The summed E-state index contributed by atoms with van der Waals surface area (Å²) in [6.07, 6.45) is 0. The van der Waals surface area contributed by atoms with Crippen LogP contribution in [0.25, 0.3) is 5.69 Å². The van der Waals surface area contributed by atoms with Gasteiger partial charge in [0.15, 0.2) is 11.6 Å². The number of ketones is 1. The molecule has 0 saturated heterocycles. The van der Waals surface area contributed by atoms with Gasteiger partial charge in [-0.3, -0.25) is 4.79 Å². The van der Waals surface area contributed by atoms with E-state index in [2.05, 4.69) is 20.8 Å². The number of anilines is 1. The molecule has 0 amide bonds. The Bertz CT molecular complexity index is 862. The number of hydrogen-bond donors (Lipinski definition) is 1. The lowest BCUT2D eigenvalue weighted by Crippen LogP contribution is -2.16. The Morgan fingerprint density at radius 1 is 1.17 bits per heavy atom. The number of tetrazole rings is 1. The van der Waals surface area contributed by atoms with Crippen LogP contribution < -0.4 is 5.32 Å². The topological polar surface area (TPSA) is 72.7 Å². The molecule has 0 fully saturated rings. The fraction of sp³-hybridized carbons (Fsp3) is 0.176. The third kappa shape index (κ3) is 3.01. The molecule has 1 unspecified atom stereocenters. The van der Waals surface area contributed by atoms with Crippen molar-refractivity contribution in [2.24, 2.45) is 0 Å². The summed E-state index contributed by atoms with van der Waals surface area (Å²) in [5.74, 6) is -0.340. The van der Waals surface area contributed by atoms with Crippen molar-refractivity contribution in [2.75, 3.05) is 5.32 Å². The molecule has 6 nitrogen and oxygen atoms in total. The fourth-order valence-electron chi connectivity index (χ4n) is 2.52. The van der Waals surface area contributed by atoms with Crippen LogP contribution in [0, 0.1) is 5.82 Å². The van der Waals surface area contributed by atoms with Crippen LogP contribution in [0.15, 0.2) is 48.5 Å². The minimum atomic E-state index is -0.553. The monoisotopic (exact) mass is 325 g/mol. The number of Topliss-reactive ketones (excluding diaryl/α,β-unsaturated/α-hetero) is 1. The van der Waals surface area contributed by atoms with Crippen molar-refractivity contribution < 1.29 is 9.18 Å². The molecular weight excluding hydrogens is 309 g/mol. The lowest BCUT2D eigenvalue weighted by atomic mass is 10.1. The number of nitrogens with one attached hydrogen (secondary N) is 1. The van der Waals surface area contributed by atoms with Crippen LogP contribution in [0.1, 0.15) is 36.1 Å². The van der Waals surface area contributed by atoms with Crippen LogP contribution in [-0.2, 0) is 0 Å². The lowest BCUT2D eigenvalue weighted by Gasteiger charge is -2.17. The molecule has 0 aliphatic heterocycles. The number of carbonyl (C=O) groups is 1. The first-order valence-corrected chi connectivity index (χ1v) is 7.47. The van der Waals surface area contributed by atoms with Gasteiger partial charge in [-0.2, -0.15) is 4.68 Å². The number of aromatic nitrogens is 4. The molecule has 0 aliphatic rings. The van der Waals surface area contributed by atoms with Crippen LogP contribution in [0.5, 0.6) is 0 Å². The average Bonchev–Trinajstić information content (AvgIpc) is 3.05. The molecule has 1 N–H and O–H groups in total. The van der Waals surface area contributed by atoms with Crippen molar-refractivity contribution >= 4 is 11.5 Å². The average molecular weight is 325 g/mol. The predicted octanol–water partition coefficient (Wildman–Crippen LogP) is 3.18. The first-order valence-electron chi connectivity index (χ1n) is 7.47. The summed E-state index contributed by atoms with van der Waals surface area (Å²) in [5, 5.41) is 14.9. The molecule has 7 heteroatoms. The molecule has 2 aromatic carbocycles. The zero-order valence-corrected chi connectivity index (χ0v) is 13.3. The maximum absolute atomic E-state index is 13.9. The summed E-state index contributed by atoms with van der Waals surface area (Å²) in [5.41, 5.74) is 1.26. The van der Waals surface area contributed by atoms with Crippen molar-refractivity contribution in [1.29, 1.82) is 0 Å². The predicted molar refractivity (Wildman–Crippen MR) is 87.6 cm³/mol. The van der Waals surface area contributed by atoms with Gasteiger partial charge in [-0.15, -0.1) is 5.10 Å². The van der Waals surface area contributed by atoms with Gasteiger partial charge in [-0.1, -0.05) is 24.3 Å². The number of halogens is 1. The Morgan fingerprint density at radius 2 is 1.92 bits per heavy atom. The minimum Gasteiger partial charge on any atom is -0.375 e. The molecule has 24 heavy (non-hydrogen) atoms. The molecule has 3 rings (SSSR count). The Hall–Kier alpha value is -3.09. The lowest BCUT2D eigenvalue weighted by molar-refractivity contribution is 0.101. The Labute approximate surface area is 138 Å². The quantitative estimate of drug-likeness (QED) is 0.729. The third-order valence-corrected chi connectivity index (χ3v) is 3.62. The van der Waals surface area contributed by atoms with Crippen LogP contribution >= 0.6 is 0 Å². The molecule has 1 atom stereocenters. The molecule has 3 aromatic rings. The number of rotatable bonds is 5. The SMILES string of the molecule is CC(=O)c1c(F)cccc1NC(C)c1nnnn1-c1ccccc1. The molecule has 0 radical (unpaired) electrons. The normalized spacial score (nSPS) is 12.0. The van der Waals surface area contributed by atoms with Gasteiger partial charge in [0.2, 0.25) is 0 Å². The number of carbonyl (C=O) groups excluding carboxylic acids is 1. The van der Waals surface area contributed by atoms with Crippen molar-refractivity contribution in [1.82, 2.24) is 20.2 Å². The van der Waals surface area contributed by atoms with E-state index < -0.39 is 5.82 Å². The van der Waals surface area contributed by atoms with E-state index in [1.165, 1.54) is 13.0 Å². The molecular formula is C17H16FN5O. The van der Waals surface area contributed by atoms with E-state index in [9.17, 15) is 9.18 Å². The molecule has 1 heterocycles. The first-order chi connectivity index (χ1) is 11.6. The molecule has 0 spiro atoms. The standard InChI is InChI=1S/C17H16FN5O/c1-11(19-15-10-6-9-14(18)16(15)12(2)24)17-20-21-22-23(17)13-7-4-3-5-8-13/h3-11,19H,1-2H3. The maximum atomic E-state index is 13.9. The molecule has 122 valence electrons. The summed E-state index contributed by atoms with van der Waals surface area (Å²) in [7, 11) is 0. The number of nitrogens with zero attached hydrogens (tertiary/aromatic N) is 4. The zero-order valence-electron chi connectivity index (χ0n) is 13.3. The van der Waals surface area contributed by atoms with E-state index in [1.54, 1.807) is 16.8 Å². The van der Waals surface area contributed by atoms with Gasteiger partial charge in [-0.25, -0.2) is 4.39 Å². The smallest absolute Gasteiger partial charge is 0.178 e. The van der Waals surface area contributed by atoms with Crippen molar-refractivity contribution in [3.05, 3.63) is 65.7 Å². The van der Waals surface area contributed by atoms with E-state index in [4.69, 9.17) is 0 Å². The van der Waals surface area contributed by atoms with Crippen LogP contribution in [0.3, 0.4) is 0 Å². The van der Waals surface area contributed by atoms with Crippen molar-refractivity contribution in [3.8, 4) is 5.69 Å². The second kappa shape index (κ2) is 6.57. The zero-order chi connectivity index (χ0) is 17.1. The van der Waals surface area contributed by atoms with E-state index in [1.807, 2.05) is 37.3 Å². The van der Waals surface area contributed by atoms with Crippen molar-refractivity contribution in [3.63, 3.8) is 0 Å². The Kier molecular flexibility index (Phi) is 4.33. The third-order valence-electron chi connectivity index (χ3n) is 3.62. The van der Waals surface area contributed by atoms with Crippen molar-refractivity contribution in [2.45, 2.75) is 19.9 Å². The highest BCUT2D eigenvalue weighted by Gasteiger charge is 2.19. The van der Waals surface area contributed by atoms with Gasteiger partial charge in [0.25, 0.3) is 0 Å². The number of benzene rings is 2. The Balaban J connectivity index is 1.93. The van der Waals surface area contributed by atoms with Gasteiger partial charge >= 0.3 is 0 Å². The van der Waals surface area contributed by atoms with Gasteiger partial charge in [0.1, 0.15) is 5.82 Å². The molecule has 1 aromatic heterocycles. The molecule has 0 bridgehead atoms.